The lowest BCUT2D eigenvalue weighted by atomic mass is 9.98. The number of anilines is 1. The molecular formula is C17H22F3NO3. The summed E-state index contributed by atoms with van der Waals surface area (Å²) >= 11 is 0. The van der Waals surface area contributed by atoms with Gasteiger partial charge in [0.15, 0.2) is 0 Å². The molecule has 0 spiro atoms. The Morgan fingerprint density at radius 1 is 1.25 bits per heavy atom. The molecule has 1 aliphatic rings. The molecule has 1 fully saturated rings. The third kappa shape index (κ3) is 4.01. The molecular weight excluding hydrogens is 323 g/mol. The minimum absolute atomic E-state index is 0.0716. The van der Waals surface area contributed by atoms with Gasteiger partial charge in [-0.1, -0.05) is 0 Å². The second-order valence-corrected chi connectivity index (χ2v) is 5.91. The summed E-state index contributed by atoms with van der Waals surface area (Å²) in [6.07, 6.45) is -2.81. The fourth-order valence-corrected chi connectivity index (χ4v) is 2.67. The van der Waals surface area contributed by atoms with Crippen molar-refractivity contribution >= 4 is 11.6 Å². The summed E-state index contributed by atoms with van der Waals surface area (Å²) in [7, 11) is 0. The molecule has 0 heterocycles. The lowest BCUT2D eigenvalue weighted by molar-refractivity contribution is -0.142. The third-order valence-electron chi connectivity index (χ3n) is 4.09. The van der Waals surface area contributed by atoms with Crippen LogP contribution in [-0.4, -0.2) is 24.7 Å². The fourth-order valence-electron chi connectivity index (χ4n) is 2.67. The van der Waals surface area contributed by atoms with E-state index in [4.69, 9.17) is 9.47 Å². The Hall–Kier alpha value is -1.76. The van der Waals surface area contributed by atoms with E-state index in [-0.39, 0.29) is 24.0 Å². The van der Waals surface area contributed by atoms with Gasteiger partial charge in [-0.15, -0.1) is 0 Å². The van der Waals surface area contributed by atoms with Crippen LogP contribution in [-0.2, 0) is 15.7 Å². The van der Waals surface area contributed by atoms with Gasteiger partial charge in [0.05, 0.1) is 12.2 Å². The highest BCUT2D eigenvalue weighted by atomic mass is 19.4. The number of halogens is 3. The van der Waals surface area contributed by atoms with Crippen LogP contribution in [0.2, 0.25) is 0 Å². The predicted molar refractivity (Wildman–Crippen MR) is 84.0 cm³/mol. The van der Waals surface area contributed by atoms with Crippen LogP contribution in [0, 0.1) is 5.92 Å². The van der Waals surface area contributed by atoms with E-state index in [0.29, 0.717) is 6.61 Å². The summed E-state index contributed by atoms with van der Waals surface area (Å²) in [5.41, 5.74) is -1.86. The maximum Gasteiger partial charge on any atom is 0.420 e. The number of nitrogens with one attached hydrogen (secondary N) is 1. The SMILES string of the molecule is CCOc1ccc(NC(=O)[C@@](C)(OCC)C2CC2)cc1C(F)(F)F. The van der Waals surface area contributed by atoms with Gasteiger partial charge in [0.25, 0.3) is 5.91 Å². The summed E-state index contributed by atoms with van der Waals surface area (Å²) in [5, 5.41) is 2.55. The summed E-state index contributed by atoms with van der Waals surface area (Å²) in [6, 6.07) is 3.51. The lowest BCUT2D eigenvalue weighted by Crippen LogP contribution is -2.44. The van der Waals surface area contributed by atoms with Crippen molar-refractivity contribution in [1.29, 1.82) is 0 Å². The molecule has 1 atom stereocenters. The van der Waals surface area contributed by atoms with Gasteiger partial charge in [0.2, 0.25) is 0 Å². The van der Waals surface area contributed by atoms with Crippen molar-refractivity contribution < 1.29 is 27.4 Å². The zero-order chi connectivity index (χ0) is 18.0. The molecule has 1 aromatic rings. The molecule has 1 saturated carbocycles. The molecule has 4 nitrogen and oxygen atoms in total. The maximum absolute atomic E-state index is 13.2. The Balaban J connectivity index is 2.24. The monoisotopic (exact) mass is 345 g/mol. The number of alkyl halides is 3. The Morgan fingerprint density at radius 2 is 1.92 bits per heavy atom. The number of rotatable bonds is 7. The van der Waals surface area contributed by atoms with Crippen molar-refractivity contribution in [3.8, 4) is 5.75 Å². The largest absolute Gasteiger partial charge is 0.493 e. The minimum Gasteiger partial charge on any atom is -0.493 e. The second kappa shape index (κ2) is 7.01. The molecule has 0 saturated heterocycles. The van der Waals surface area contributed by atoms with E-state index in [9.17, 15) is 18.0 Å². The first kappa shape index (κ1) is 18.6. The highest BCUT2D eigenvalue weighted by Crippen LogP contribution is 2.43. The number of hydrogen-bond acceptors (Lipinski definition) is 3. The molecule has 1 amide bonds. The third-order valence-corrected chi connectivity index (χ3v) is 4.09. The van der Waals surface area contributed by atoms with Crippen LogP contribution in [0.25, 0.3) is 0 Å². The molecule has 0 bridgehead atoms. The van der Waals surface area contributed by atoms with Crippen LogP contribution in [0.4, 0.5) is 18.9 Å². The van der Waals surface area contributed by atoms with Crippen LogP contribution >= 0.6 is 0 Å². The molecule has 1 aromatic carbocycles. The van der Waals surface area contributed by atoms with Gasteiger partial charge in [-0.3, -0.25) is 4.79 Å². The average Bonchev–Trinajstić information content (AvgIpc) is 3.33. The van der Waals surface area contributed by atoms with Gasteiger partial charge in [-0.05, 0) is 57.7 Å². The van der Waals surface area contributed by atoms with E-state index in [0.717, 1.165) is 18.9 Å². The first-order valence-corrected chi connectivity index (χ1v) is 8.01. The molecule has 2 rings (SSSR count). The normalized spacial score (nSPS) is 17.2. The minimum atomic E-state index is -4.56. The summed E-state index contributed by atoms with van der Waals surface area (Å²) < 4.78 is 50.1. The van der Waals surface area contributed by atoms with E-state index >= 15 is 0 Å². The Labute approximate surface area is 139 Å². The van der Waals surface area contributed by atoms with E-state index < -0.39 is 23.2 Å². The molecule has 7 heteroatoms. The highest BCUT2D eigenvalue weighted by molar-refractivity contribution is 5.97. The number of benzene rings is 1. The van der Waals surface area contributed by atoms with Crippen molar-refractivity contribution in [3.05, 3.63) is 23.8 Å². The quantitative estimate of drug-likeness (QED) is 0.804. The second-order valence-electron chi connectivity index (χ2n) is 5.91. The van der Waals surface area contributed by atoms with Gasteiger partial charge < -0.3 is 14.8 Å². The maximum atomic E-state index is 13.2. The highest BCUT2D eigenvalue weighted by Gasteiger charge is 2.48. The first-order chi connectivity index (χ1) is 11.2. The van der Waals surface area contributed by atoms with Crippen molar-refractivity contribution in [2.45, 2.75) is 45.4 Å². The van der Waals surface area contributed by atoms with Gasteiger partial charge >= 0.3 is 6.18 Å². The molecule has 0 aromatic heterocycles. The van der Waals surface area contributed by atoms with Crippen molar-refractivity contribution in [3.63, 3.8) is 0 Å². The van der Waals surface area contributed by atoms with Gasteiger partial charge in [0.1, 0.15) is 11.4 Å². The van der Waals surface area contributed by atoms with E-state index in [1.165, 1.54) is 12.1 Å². The van der Waals surface area contributed by atoms with E-state index in [2.05, 4.69) is 5.32 Å². The van der Waals surface area contributed by atoms with Crippen LogP contribution in [0.3, 0.4) is 0 Å². The Bertz CT molecular complexity index is 599. The smallest absolute Gasteiger partial charge is 0.420 e. The van der Waals surface area contributed by atoms with E-state index in [1.54, 1.807) is 20.8 Å². The van der Waals surface area contributed by atoms with E-state index in [1.807, 2.05) is 0 Å². The Morgan fingerprint density at radius 3 is 2.42 bits per heavy atom. The zero-order valence-electron chi connectivity index (χ0n) is 14.0. The number of amides is 1. The van der Waals surface area contributed by atoms with Gasteiger partial charge in [0, 0.05) is 12.3 Å². The van der Waals surface area contributed by atoms with Crippen molar-refractivity contribution in [2.24, 2.45) is 5.92 Å². The van der Waals surface area contributed by atoms with Crippen LogP contribution in [0.15, 0.2) is 18.2 Å². The summed E-state index contributed by atoms with van der Waals surface area (Å²) in [6.45, 7) is 5.56. The van der Waals surface area contributed by atoms with Gasteiger partial charge in [-0.25, -0.2) is 0 Å². The van der Waals surface area contributed by atoms with Crippen LogP contribution in [0.5, 0.6) is 5.75 Å². The molecule has 134 valence electrons. The van der Waals surface area contributed by atoms with Crippen molar-refractivity contribution in [1.82, 2.24) is 0 Å². The number of ether oxygens (including phenoxy) is 2. The molecule has 0 unspecified atom stereocenters. The number of carbonyl (C=O) groups excluding carboxylic acids is 1. The van der Waals surface area contributed by atoms with Gasteiger partial charge in [-0.2, -0.15) is 13.2 Å². The summed E-state index contributed by atoms with van der Waals surface area (Å²) in [4.78, 5) is 12.5. The zero-order valence-corrected chi connectivity index (χ0v) is 14.0. The number of hydrogen-bond donors (Lipinski definition) is 1. The van der Waals surface area contributed by atoms with Crippen LogP contribution in [0.1, 0.15) is 39.2 Å². The lowest BCUT2D eigenvalue weighted by Gasteiger charge is -2.28. The number of carbonyl (C=O) groups is 1. The van der Waals surface area contributed by atoms with Crippen LogP contribution < -0.4 is 10.1 Å². The molecule has 1 N–H and O–H groups in total. The first-order valence-electron chi connectivity index (χ1n) is 8.01. The predicted octanol–water partition coefficient (Wildman–Crippen LogP) is 4.25. The summed E-state index contributed by atoms with van der Waals surface area (Å²) in [5.74, 6) is -0.580. The van der Waals surface area contributed by atoms with Crippen molar-refractivity contribution in [2.75, 3.05) is 18.5 Å². The molecule has 0 radical (unpaired) electrons. The average molecular weight is 345 g/mol. The fraction of sp³-hybridized carbons (Fsp3) is 0.588. The molecule has 0 aliphatic heterocycles. The molecule has 24 heavy (non-hydrogen) atoms. The topological polar surface area (TPSA) is 47.6 Å². The standard InChI is InChI=1S/C17H22F3NO3/c1-4-23-14-9-8-12(10-13(14)17(18,19)20)21-15(22)16(3,24-5-2)11-6-7-11/h8-11H,4-7H2,1-3H3,(H,21,22)/t16-/m0/s1. The Kier molecular flexibility index (Phi) is 5.42. The molecule has 1 aliphatic carbocycles.